The van der Waals surface area contributed by atoms with Gasteiger partial charge in [0.2, 0.25) is 0 Å². The van der Waals surface area contributed by atoms with Crippen molar-refractivity contribution in [1.82, 2.24) is 9.88 Å². The van der Waals surface area contributed by atoms with Crippen molar-refractivity contribution in [2.24, 2.45) is 5.92 Å². The van der Waals surface area contributed by atoms with E-state index in [0.717, 1.165) is 12.8 Å². The summed E-state index contributed by atoms with van der Waals surface area (Å²) in [5.41, 5.74) is 2.36. The minimum Gasteiger partial charge on any atom is -0.461 e. The number of halogens is 1. The Bertz CT molecular complexity index is 960. The minimum atomic E-state index is -0.669. The van der Waals surface area contributed by atoms with Crippen LogP contribution in [0.5, 0.6) is 0 Å². The highest BCUT2D eigenvalue weighted by molar-refractivity contribution is 6.30. The highest BCUT2D eigenvalue weighted by Gasteiger charge is 2.35. The molecule has 3 rings (SSSR count). The van der Waals surface area contributed by atoms with Crippen molar-refractivity contribution in [3.63, 3.8) is 0 Å². The Hall–Kier alpha value is -2.60. The van der Waals surface area contributed by atoms with E-state index in [1.165, 1.54) is 0 Å². The van der Waals surface area contributed by atoms with E-state index in [-0.39, 0.29) is 24.0 Å². The third-order valence-electron chi connectivity index (χ3n) is 5.51. The SMILES string of the molecule is CCOC(=O)c1[nH]c(C)c(C(=O)C(C)N(CC2CC2)C(=O)c2ccc(Cl)cc2)c1C. The van der Waals surface area contributed by atoms with Crippen LogP contribution in [-0.2, 0) is 4.74 Å². The maximum absolute atomic E-state index is 13.4. The van der Waals surface area contributed by atoms with Crippen molar-refractivity contribution < 1.29 is 19.1 Å². The fourth-order valence-electron chi connectivity index (χ4n) is 3.63. The van der Waals surface area contributed by atoms with E-state index in [1.54, 1.807) is 56.9 Å². The minimum absolute atomic E-state index is 0.195. The summed E-state index contributed by atoms with van der Waals surface area (Å²) in [5.74, 6) is -0.465. The average Bonchev–Trinajstić information content (AvgIpc) is 3.49. The number of nitrogens with one attached hydrogen (secondary N) is 1. The van der Waals surface area contributed by atoms with Crippen molar-refractivity contribution in [1.29, 1.82) is 0 Å². The van der Waals surface area contributed by atoms with E-state index in [4.69, 9.17) is 16.3 Å². The number of carbonyl (C=O) groups is 3. The predicted molar refractivity (Wildman–Crippen MR) is 115 cm³/mol. The summed E-state index contributed by atoms with van der Waals surface area (Å²) >= 11 is 5.95. The summed E-state index contributed by atoms with van der Waals surface area (Å²) in [5, 5.41) is 0.550. The number of rotatable bonds is 8. The topological polar surface area (TPSA) is 79.5 Å². The molecular weight excluding hydrogens is 404 g/mol. The summed E-state index contributed by atoms with van der Waals surface area (Å²) in [4.78, 5) is 43.4. The molecule has 0 radical (unpaired) electrons. The summed E-state index contributed by atoms with van der Waals surface area (Å²) in [6, 6.07) is 6.02. The normalized spacial score (nSPS) is 14.3. The lowest BCUT2D eigenvalue weighted by atomic mass is 9.99. The van der Waals surface area contributed by atoms with Crippen molar-refractivity contribution in [3.05, 3.63) is 57.4 Å². The molecule has 1 saturated carbocycles. The van der Waals surface area contributed by atoms with Gasteiger partial charge < -0.3 is 14.6 Å². The van der Waals surface area contributed by atoms with E-state index >= 15 is 0 Å². The highest BCUT2D eigenvalue weighted by Crippen LogP contribution is 2.32. The first-order valence-electron chi connectivity index (χ1n) is 10.2. The number of aryl methyl sites for hydroxylation is 1. The van der Waals surface area contributed by atoms with Gasteiger partial charge in [-0.15, -0.1) is 0 Å². The summed E-state index contributed by atoms with van der Waals surface area (Å²) in [6.07, 6.45) is 2.11. The van der Waals surface area contributed by atoms with Crippen LogP contribution in [0, 0.1) is 19.8 Å². The summed E-state index contributed by atoms with van der Waals surface area (Å²) < 4.78 is 5.07. The number of aromatic nitrogens is 1. The number of ketones is 1. The second-order valence-corrected chi connectivity index (χ2v) is 8.23. The molecule has 1 unspecified atom stereocenters. The van der Waals surface area contributed by atoms with Crippen molar-refractivity contribution >= 4 is 29.3 Å². The molecule has 1 amide bonds. The number of H-pyrrole nitrogens is 1. The summed E-state index contributed by atoms with van der Waals surface area (Å²) in [6.45, 7) is 7.73. The van der Waals surface area contributed by atoms with E-state index < -0.39 is 12.0 Å². The van der Waals surface area contributed by atoms with Crippen LogP contribution in [0.15, 0.2) is 24.3 Å². The fourth-order valence-corrected chi connectivity index (χ4v) is 3.76. The number of hydrogen-bond donors (Lipinski definition) is 1. The predicted octanol–water partition coefficient (Wildman–Crippen LogP) is 4.59. The first-order valence-corrected chi connectivity index (χ1v) is 10.6. The van der Waals surface area contributed by atoms with Crippen molar-refractivity contribution in [2.45, 2.75) is 46.6 Å². The Morgan fingerprint density at radius 2 is 1.83 bits per heavy atom. The molecule has 2 aromatic rings. The molecule has 1 aromatic carbocycles. The third-order valence-corrected chi connectivity index (χ3v) is 5.77. The molecule has 0 bridgehead atoms. The van der Waals surface area contributed by atoms with Crippen LogP contribution < -0.4 is 0 Å². The number of nitrogens with zero attached hydrogens (tertiary/aromatic N) is 1. The second-order valence-electron chi connectivity index (χ2n) is 7.79. The molecule has 1 aliphatic carbocycles. The first kappa shape index (κ1) is 22.1. The molecule has 1 atom stereocenters. The number of ether oxygens (including phenoxy) is 1. The Labute approximate surface area is 181 Å². The number of amides is 1. The molecule has 0 saturated heterocycles. The first-order chi connectivity index (χ1) is 14.2. The molecule has 0 spiro atoms. The molecule has 7 heteroatoms. The Balaban J connectivity index is 1.90. The molecule has 1 aromatic heterocycles. The smallest absolute Gasteiger partial charge is 0.355 e. The van der Waals surface area contributed by atoms with Crippen molar-refractivity contribution in [3.8, 4) is 0 Å². The molecule has 1 aliphatic rings. The number of hydrogen-bond acceptors (Lipinski definition) is 4. The second kappa shape index (κ2) is 9.04. The maximum atomic E-state index is 13.4. The molecule has 1 N–H and O–H groups in total. The van der Waals surface area contributed by atoms with Gasteiger partial charge in [-0.3, -0.25) is 9.59 Å². The van der Waals surface area contributed by atoms with Gasteiger partial charge in [-0.2, -0.15) is 0 Å². The number of carbonyl (C=O) groups excluding carboxylic acids is 3. The number of aromatic amines is 1. The van der Waals surface area contributed by atoms with Gasteiger partial charge in [0.15, 0.2) is 5.78 Å². The number of esters is 1. The standard InChI is InChI=1S/C23H27ClN2O4/c1-5-30-23(29)20-13(2)19(14(3)25-20)21(27)15(4)26(12-16-6-7-16)22(28)17-8-10-18(24)11-9-17/h8-11,15-16,25H,5-7,12H2,1-4H3. The van der Waals surface area contributed by atoms with E-state index in [1.807, 2.05) is 0 Å². The van der Waals surface area contributed by atoms with Crippen LogP contribution in [0.1, 0.15) is 69.2 Å². The zero-order valence-electron chi connectivity index (χ0n) is 17.8. The number of benzene rings is 1. The molecule has 160 valence electrons. The van der Waals surface area contributed by atoms with Crippen LogP contribution in [0.25, 0.3) is 0 Å². The quantitative estimate of drug-likeness (QED) is 0.490. The van der Waals surface area contributed by atoms with Gasteiger partial charge in [0.05, 0.1) is 12.6 Å². The zero-order valence-corrected chi connectivity index (χ0v) is 18.5. The Morgan fingerprint density at radius 1 is 1.20 bits per heavy atom. The van der Waals surface area contributed by atoms with Gasteiger partial charge in [0, 0.05) is 28.4 Å². The van der Waals surface area contributed by atoms with Gasteiger partial charge >= 0.3 is 5.97 Å². The molecule has 1 fully saturated rings. The molecule has 30 heavy (non-hydrogen) atoms. The van der Waals surface area contributed by atoms with Crippen molar-refractivity contribution in [2.75, 3.05) is 13.2 Å². The molecule has 6 nitrogen and oxygen atoms in total. The zero-order chi connectivity index (χ0) is 22.0. The molecule has 0 aliphatic heterocycles. The van der Waals surface area contributed by atoms with Gasteiger partial charge in [-0.05, 0) is 76.3 Å². The summed E-state index contributed by atoms with van der Waals surface area (Å²) in [7, 11) is 0. The van der Waals surface area contributed by atoms with E-state index in [9.17, 15) is 14.4 Å². The molecular formula is C23H27ClN2O4. The van der Waals surface area contributed by atoms with E-state index in [0.29, 0.717) is 39.9 Å². The lowest BCUT2D eigenvalue weighted by Gasteiger charge is -2.29. The monoisotopic (exact) mass is 430 g/mol. The van der Waals surface area contributed by atoms with Gasteiger partial charge in [-0.1, -0.05) is 11.6 Å². The highest BCUT2D eigenvalue weighted by atomic mass is 35.5. The Kier molecular flexibility index (Phi) is 6.66. The lowest BCUT2D eigenvalue weighted by Crippen LogP contribution is -2.44. The van der Waals surface area contributed by atoms with Gasteiger partial charge in [0.1, 0.15) is 5.69 Å². The Morgan fingerprint density at radius 3 is 2.40 bits per heavy atom. The van der Waals surface area contributed by atoms with E-state index in [2.05, 4.69) is 4.98 Å². The largest absolute Gasteiger partial charge is 0.461 e. The van der Waals surface area contributed by atoms with Crippen LogP contribution in [0.4, 0.5) is 0 Å². The van der Waals surface area contributed by atoms with Crippen LogP contribution >= 0.6 is 11.6 Å². The fraction of sp³-hybridized carbons (Fsp3) is 0.435. The maximum Gasteiger partial charge on any atom is 0.355 e. The van der Waals surface area contributed by atoms with Gasteiger partial charge in [0.25, 0.3) is 5.91 Å². The van der Waals surface area contributed by atoms with Gasteiger partial charge in [-0.25, -0.2) is 4.79 Å². The van der Waals surface area contributed by atoms with Crippen LogP contribution in [0.2, 0.25) is 5.02 Å². The molecule has 1 heterocycles. The van der Waals surface area contributed by atoms with Crippen LogP contribution in [0.3, 0.4) is 0 Å². The van der Waals surface area contributed by atoms with Crippen LogP contribution in [-0.4, -0.2) is 46.7 Å². The lowest BCUT2D eigenvalue weighted by molar-refractivity contribution is 0.0518. The number of Topliss-reactive ketones (excluding diaryl/α,β-unsaturated/α-hetero) is 1. The average molecular weight is 431 g/mol. The third kappa shape index (κ3) is 4.59.